The third kappa shape index (κ3) is 24.4. The summed E-state index contributed by atoms with van der Waals surface area (Å²) in [6.45, 7) is 0. The second-order valence-corrected chi connectivity index (χ2v) is 0. The average Bonchev–Trinajstić information content (AvgIpc) is 0. The van der Waals surface area contributed by atoms with Crippen LogP contribution in [0.4, 0.5) is 0 Å². The third-order valence-electron chi connectivity index (χ3n) is 0. The van der Waals surface area contributed by atoms with E-state index in [4.69, 9.17) is 0 Å². The maximum absolute atomic E-state index is 0. The zero-order valence-corrected chi connectivity index (χ0v) is 7.56. The van der Waals surface area contributed by atoms with Gasteiger partial charge in [-0.1, -0.05) is 0 Å². The van der Waals surface area contributed by atoms with Crippen LogP contribution in [0.3, 0.4) is 0 Å². The van der Waals surface area contributed by atoms with Crippen LogP contribution in [0.15, 0.2) is 0 Å². The van der Waals surface area contributed by atoms with Gasteiger partial charge in [-0.15, -0.1) is 0 Å². The first-order chi connectivity index (χ1) is 0. The molecule has 0 amide bonds. The molecule has 0 bridgehead atoms. The smallest absolute Gasteiger partial charge is 2.00 e. The normalized spacial score (nSPS) is 0. The van der Waals surface area contributed by atoms with Crippen molar-refractivity contribution < 1.29 is 73.2 Å². The van der Waals surface area contributed by atoms with E-state index in [1.807, 2.05) is 0 Å². The minimum absolute atomic E-state index is 0. The van der Waals surface area contributed by atoms with E-state index >= 15 is 0 Å². The first-order valence-electron chi connectivity index (χ1n) is 0. The van der Waals surface area contributed by atoms with Crippen LogP contribution in [-0.2, 0) is 73.2 Å². The molecule has 2 nitrogen and oxygen atoms in total. The van der Waals surface area contributed by atoms with Crippen molar-refractivity contribution in [2.24, 2.45) is 0 Å². The number of rotatable bonds is 0. The SMILES string of the molecule is [O-2].[O-2].[Pt].[Ru].[Ti+4]. The van der Waals surface area contributed by atoms with E-state index in [1.165, 1.54) is 0 Å². The van der Waals surface area contributed by atoms with Crippen molar-refractivity contribution in [3.05, 3.63) is 0 Å². The Hall–Kier alpha value is 1.95. The maximum atomic E-state index is 0. The van der Waals surface area contributed by atoms with E-state index in [2.05, 4.69) is 0 Å². The van der Waals surface area contributed by atoms with Crippen molar-refractivity contribution >= 4 is 0 Å². The van der Waals surface area contributed by atoms with E-state index in [9.17, 15) is 0 Å². The molecule has 5 heavy (non-hydrogen) atoms. The van der Waals surface area contributed by atoms with Gasteiger partial charge in [-0.05, 0) is 0 Å². The molecule has 0 aliphatic carbocycles. The van der Waals surface area contributed by atoms with Crippen LogP contribution in [0.25, 0.3) is 0 Å². The maximum Gasteiger partial charge on any atom is 4.00 e. The summed E-state index contributed by atoms with van der Waals surface area (Å²) < 4.78 is 0. The van der Waals surface area contributed by atoms with E-state index in [0.717, 1.165) is 0 Å². The molecule has 0 saturated heterocycles. The average molecular weight is 376 g/mol. The fraction of sp³-hybridized carbons (Fsp3) is 0. The van der Waals surface area contributed by atoms with Crippen molar-refractivity contribution in [3.8, 4) is 0 Å². The largest absolute Gasteiger partial charge is 4.00 e. The van der Waals surface area contributed by atoms with Crippen LogP contribution in [0, 0.1) is 0 Å². The molecule has 34 valence electrons. The molecule has 0 aromatic carbocycles. The Bertz CT molecular complexity index is 9.61. The van der Waals surface area contributed by atoms with Gasteiger partial charge in [-0.3, -0.25) is 0 Å². The van der Waals surface area contributed by atoms with E-state index in [1.54, 1.807) is 0 Å². The first-order valence-corrected chi connectivity index (χ1v) is 0. The van der Waals surface area contributed by atoms with Gasteiger partial charge < -0.3 is 11.0 Å². The third-order valence-corrected chi connectivity index (χ3v) is 0. The predicted molar refractivity (Wildman–Crippen MR) is 1.37 cm³/mol. The van der Waals surface area contributed by atoms with Crippen molar-refractivity contribution in [1.82, 2.24) is 0 Å². The minimum Gasteiger partial charge on any atom is -2.00 e. The molecule has 0 N–H and O–H groups in total. The van der Waals surface area contributed by atoms with Gasteiger partial charge in [0.1, 0.15) is 0 Å². The Kier molecular flexibility index (Phi) is 498. The van der Waals surface area contributed by atoms with Crippen LogP contribution in [0.2, 0.25) is 0 Å². The molecule has 0 saturated carbocycles. The summed E-state index contributed by atoms with van der Waals surface area (Å²) in [5.41, 5.74) is 0. The fourth-order valence-corrected chi connectivity index (χ4v) is 0. The molecule has 0 aliphatic rings. The first kappa shape index (κ1) is 64.8. The minimum atomic E-state index is 0. The van der Waals surface area contributed by atoms with Crippen LogP contribution >= 0.6 is 0 Å². The van der Waals surface area contributed by atoms with Gasteiger partial charge >= 0.3 is 21.7 Å². The molecule has 0 atom stereocenters. The zero-order valence-electron chi connectivity index (χ0n) is 1.99. The summed E-state index contributed by atoms with van der Waals surface area (Å²) in [4.78, 5) is 0. The van der Waals surface area contributed by atoms with Crippen LogP contribution in [-0.4, -0.2) is 0 Å². The number of hydrogen-bond donors (Lipinski definition) is 0. The van der Waals surface area contributed by atoms with Gasteiger partial charge in [0, 0.05) is 40.5 Å². The molecule has 0 heterocycles. The van der Waals surface area contributed by atoms with Crippen LogP contribution in [0.1, 0.15) is 0 Å². The summed E-state index contributed by atoms with van der Waals surface area (Å²) in [6.07, 6.45) is 0. The summed E-state index contributed by atoms with van der Waals surface area (Å²) in [7, 11) is 0. The second-order valence-electron chi connectivity index (χ2n) is 0. The Balaban J connectivity index is 0. The number of hydrogen-bond acceptors (Lipinski definition) is 0. The molecule has 0 unspecified atom stereocenters. The Morgan fingerprint density at radius 2 is 0.800 bits per heavy atom. The van der Waals surface area contributed by atoms with Crippen molar-refractivity contribution in [2.75, 3.05) is 0 Å². The molecule has 0 aromatic heterocycles. The standard InChI is InChI=1S/2O.Pt.Ru.Ti/q2*-2;;;+4. The van der Waals surface area contributed by atoms with Gasteiger partial charge in [-0.25, -0.2) is 0 Å². The quantitative estimate of drug-likeness (QED) is 0.524. The fourth-order valence-electron chi connectivity index (χ4n) is 0. The van der Waals surface area contributed by atoms with E-state index in [0.29, 0.717) is 0 Å². The van der Waals surface area contributed by atoms with E-state index in [-0.39, 0.29) is 73.2 Å². The molecule has 0 spiro atoms. The monoisotopic (exact) mass is 377 g/mol. The van der Waals surface area contributed by atoms with Crippen molar-refractivity contribution in [3.63, 3.8) is 0 Å². The summed E-state index contributed by atoms with van der Waals surface area (Å²) in [5, 5.41) is 0. The zero-order chi connectivity index (χ0) is 0. The molecule has 0 radical (unpaired) electrons. The molecule has 5 heteroatoms. The van der Waals surface area contributed by atoms with Gasteiger partial charge in [-0.2, -0.15) is 0 Å². The van der Waals surface area contributed by atoms with Gasteiger partial charge in [0.05, 0.1) is 0 Å². The molecule has 0 fully saturated rings. The molecular weight excluding hydrogens is 376 g/mol. The van der Waals surface area contributed by atoms with Crippen molar-refractivity contribution in [1.29, 1.82) is 0 Å². The summed E-state index contributed by atoms with van der Waals surface area (Å²) in [5.74, 6) is 0. The Labute approximate surface area is 72.6 Å². The van der Waals surface area contributed by atoms with Crippen molar-refractivity contribution in [2.45, 2.75) is 0 Å². The molecule has 0 aromatic rings. The molecule has 0 aliphatic heterocycles. The van der Waals surface area contributed by atoms with Crippen LogP contribution < -0.4 is 0 Å². The Morgan fingerprint density at radius 1 is 0.800 bits per heavy atom. The second kappa shape index (κ2) is 38.4. The van der Waals surface area contributed by atoms with Gasteiger partial charge in [0.15, 0.2) is 0 Å². The van der Waals surface area contributed by atoms with Gasteiger partial charge in [0.2, 0.25) is 0 Å². The van der Waals surface area contributed by atoms with E-state index < -0.39 is 0 Å². The van der Waals surface area contributed by atoms with Crippen LogP contribution in [0.5, 0.6) is 0 Å². The summed E-state index contributed by atoms with van der Waals surface area (Å²) >= 11 is 0. The topological polar surface area (TPSA) is 57.0 Å². The van der Waals surface area contributed by atoms with Gasteiger partial charge in [0.25, 0.3) is 0 Å². The summed E-state index contributed by atoms with van der Waals surface area (Å²) in [6, 6.07) is 0. The molecular formula is O2PtRuTi. The Morgan fingerprint density at radius 3 is 0.800 bits per heavy atom. The molecule has 0 rings (SSSR count). The predicted octanol–water partition coefficient (Wildman–Crippen LogP) is -0.245.